The quantitative estimate of drug-likeness (QED) is 0.497. The Morgan fingerprint density at radius 2 is 1.86 bits per heavy atom. The maximum absolute atomic E-state index is 13.2. The third-order valence-corrected chi connectivity index (χ3v) is 6.69. The third kappa shape index (κ3) is 6.57. The number of nitrogens with one attached hydrogen (secondary N) is 1. The molecule has 0 spiro atoms. The lowest BCUT2D eigenvalue weighted by molar-refractivity contribution is -0.127. The highest BCUT2D eigenvalue weighted by Gasteiger charge is 2.22. The molecule has 1 saturated heterocycles. The molecule has 0 radical (unpaired) electrons. The number of amides is 2. The summed E-state index contributed by atoms with van der Waals surface area (Å²) in [6.45, 7) is 7.06. The largest absolute Gasteiger partial charge is 0.391 e. The van der Waals surface area contributed by atoms with Crippen molar-refractivity contribution >= 4 is 40.8 Å². The highest BCUT2D eigenvalue weighted by atomic mass is 16.3. The Kier molecular flexibility index (Phi) is 8.61. The lowest BCUT2D eigenvalue weighted by Crippen LogP contribution is -2.38. The number of aliphatic imine (C=N–C) groups is 1. The Bertz CT molecular complexity index is 1180. The van der Waals surface area contributed by atoms with Crippen molar-refractivity contribution in [3.63, 3.8) is 0 Å². The summed E-state index contributed by atoms with van der Waals surface area (Å²) in [7, 11) is 0. The fourth-order valence-electron chi connectivity index (χ4n) is 4.88. The number of hydrogen-bond acceptors (Lipinski definition) is 6. The van der Waals surface area contributed by atoms with Crippen molar-refractivity contribution in [2.45, 2.75) is 52.1 Å². The first-order valence-corrected chi connectivity index (χ1v) is 13.2. The Balaban J connectivity index is 1.49. The van der Waals surface area contributed by atoms with E-state index < -0.39 is 0 Å². The summed E-state index contributed by atoms with van der Waals surface area (Å²) >= 11 is 0. The summed E-state index contributed by atoms with van der Waals surface area (Å²) in [4.78, 5) is 34.7. The summed E-state index contributed by atoms with van der Waals surface area (Å²) < 4.78 is 0. The summed E-state index contributed by atoms with van der Waals surface area (Å²) in [6.07, 6.45) is 5.41. The highest BCUT2D eigenvalue weighted by molar-refractivity contribution is 6.08. The van der Waals surface area contributed by atoms with Crippen LogP contribution in [0.2, 0.25) is 0 Å². The minimum atomic E-state index is -0.298. The van der Waals surface area contributed by atoms with Crippen molar-refractivity contribution in [3.05, 3.63) is 59.2 Å². The molecule has 2 aromatic rings. The fourth-order valence-corrected chi connectivity index (χ4v) is 4.88. The molecular formula is C29H37N5O3. The topological polar surface area (TPSA) is 111 Å². The van der Waals surface area contributed by atoms with Crippen molar-refractivity contribution in [2.75, 3.05) is 36.4 Å². The van der Waals surface area contributed by atoms with E-state index in [1.54, 1.807) is 12.1 Å². The molecule has 0 aliphatic carbocycles. The SMILES string of the molecule is CCCN(CCC)C(=O)C1=Cc2ccc(C(=O)Nc3ccc(N4CCCC(O)C4)cc3)cc2N=C(N)C1. The molecule has 196 valence electrons. The summed E-state index contributed by atoms with van der Waals surface area (Å²) in [6, 6.07) is 12.9. The number of rotatable bonds is 8. The Hall–Kier alpha value is -3.65. The van der Waals surface area contributed by atoms with Crippen LogP contribution in [0, 0.1) is 0 Å². The van der Waals surface area contributed by atoms with Gasteiger partial charge in [0, 0.05) is 60.7 Å². The summed E-state index contributed by atoms with van der Waals surface area (Å²) in [5, 5.41) is 12.9. The number of β-amino-alcohol motifs (C(OH)–C–C–N with tert-alkyl or cyclic N) is 1. The van der Waals surface area contributed by atoms with E-state index in [2.05, 4.69) is 29.1 Å². The number of carbonyl (C=O) groups excluding carboxylic acids is 2. The van der Waals surface area contributed by atoms with Crippen molar-refractivity contribution in [3.8, 4) is 0 Å². The molecule has 2 heterocycles. The van der Waals surface area contributed by atoms with Crippen LogP contribution in [0.5, 0.6) is 0 Å². The van der Waals surface area contributed by atoms with E-state index in [0.29, 0.717) is 48.0 Å². The third-order valence-electron chi connectivity index (χ3n) is 6.69. The zero-order valence-corrected chi connectivity index (χ0v) is 21.7. The molecule has 1 fully saturated rings. The summed E-state index contributed by atoms with van der Waals surface area (Å²) in [5.74, 6) is 0.0839. The fraction of sp³-hybridized carbons (Fsp3) is 0.414. The number of aliphatic hydroxyl groups excluding tert-OH is 1. The molecular weight excluding hydrogens is 466 g/mol. The Morgan fingerprint density at radius 1 is 1.14 bits per heavy atom. The van der Waals surface area contributed by atoms with E-state index in [1.807, 2.05) is 41.3 Å². The van der Waals surface area contributed by atoms with Gasteiger partial charge in [-0.1, -0.05) is 19.9 Å². The zero-order chi connectivity index (χ0) is 26.4. The van der Waals surface area contributed by atoms with Gasteiger partial charge in [-0.25, -0.2) is 4.99 Å². The van der Waals surface area contributed by atoms with Crippen LogP contribution in [0.25, 0.3) is 6.08 Å². The molecule has 0 aromatic heterocycles. The van der Waals surface area contributed by atoms with E-state index in [9.17, 15) is 14.7 Å². The highest BCUT2D eigenvalue weighted by Crippen LogP contribution is 2.29. The van der Waals surface area contributed by atoms with Gasteiger partial charge in [0.05, 0.1) is 11.8 Å². The van der Waals surface area contributed by atoms with Crippen molar-refractivity contribution in [1.29, 1.82) is 0 Å². The molecule has 4 rings (SSSR count). The number of aliphatic hydroxyl groups is 1. The maximum Gasteiger partial charge on any atom is 0.255 e. The molecule has 8 heteroatoms. The van der Waals surface area contributed by atoms with Crippen LogP contribution in [-0.2, 0) is 4.79 Å². The maximum atomic E-state index is 13.2. The number of nitrogens with two attached hydrogens (primary N) is 1. The Labute approximate surface area is 218 Å². The van der Waals surface area contributed by atoms with Crippen LogP contribution < -0.4 is 16.0 Å². The summed E-state index contributed by atoms with van der Waals surface area (Å²) in [5.41, 5.74) is 10.3. The molecule has 2 aromatic carbocycles. The van der Waals surface area contributed by atoms with Crippen LogP contribution in [0.4, 0.5) is 17.1 Å². The van der Waals surface area contributed by atoms with Crippen LogP contribution in [0.1, 0.15) is 61.9 Å². The van der Waals surface area contributed by atoms with Gasteiger partial charge in [0.1, 0.15) is 5.84 Å². The van der Waals surface area contributed by atoms with E-state index in [0.717, 1.165) is 43.5 Å². The van der Waals surface area contributed by atoms with Gasteiger partial charge >= 0.3 is 0 Å². The average Bonchev–Trinajstić information content (AvgIpc) is 3.06. The normalized spacial score (nSPS) is 17.3. The molecule has 2 aliphatic heterocycles. The van der Waals surface area contributed by atoms with Crippen molar-refractivity contribution in [2.24, 2.45) is 10.7 Å². The first-order valence-electron chi connectivity index (χ1n) is 13.2. The molecule has 0 bridgehead atoms. The molecule has 2 aliphatic rings. The molecule has 37 heavy (non-hydrogen) atoms. The van der Waals surface area contributed by atoms with Crippen molar-refractivity contribution < 1.29 is 14.7 Å². The number of nitrogens with zero attached hydrogens (tertiary/aromatic N) is 3. The van der Waals surface area contributed by atoms with Crippen molar-refractivity contribution in [1.82, 2.24) is 4.90 Å². The Morgan fingerprint density at radius 3 is 2.54 bits per heavy atom. The zero-order valence-electron chi connectivity index (χ0n) is 21.7. The van der Waals surface area contributed by atoms with Gasteiger partial charge in [-0.3, -0.25) is 9.59 Å². The van der Waals surface area contributed by atoms with Crippen LogP contribution in [0.3, 0.4) is 0 Å². The van der Waals surface area contributed by atoms with Gasteiger partial charge in [-0.2, -0.15) is 0 Å². The number of benzene rings is 2. The number of hydrogen-bond donors (Lipinski definition) is 3. The second-order valence-electron chi connectivity index (χ2n) is 9.76. The van der Waals surface area contributed by atoms with E-state index in [-0.39, 0.29) is 24.3 Å². The number of anilines is 2. The number of piperidine rings is 1. The molecule has 1 atom stereocenters. The minimum absolute atomic E-state index is 0.0148. The van der Waals surface area contributed by atoms with Crippen LogP contribution in [-0.4, -0.2) is 59.9 Å². The molecule has 2 amide bonds. The predicted octanol–water partition coefficient (Wildman–Crippen LogP) is 4.32. The number of fused-ring (bicyclic) bond motifs is 1. The number of amidine groups is 1. The lowest BCUT2D eigenvalue weighted by atomic mass is 10.0. The molecule has 0 saturated carbocycles. The molecule has 4 N–H and O–H groups in total. The first-order chi connectivity index (χ1) is 17.9. The van der Waals surface area contributed by atoms with Crippen LogP contribution >= 0.6 is 0 Å². The monoisotopic (exact) mass is 503 g/mol. The van der Waals surface area contributed by atoms with Gasteiger partial charge in [0.15, 0.2) is 0 Å². The van der Waals surface area contributed by atoms with E-state index >= 15 is 0 Å². The van der Waals surface area contributed by atoms with E-state index in [1.165, 1.54) is 0 Å². The molecule has 1 unspecified atom stereocenters. The number of carbonyl (C=O) groups is 2. The van der Waals surface area contributed by atoms with Gasteiger partial charge in [0.25, 0.3) is 5.91 Å². The standard InChI is InChI=1S/C29H37N5O3/c1-3-13-33(14-4-2)29(37)22-16-20-7-8-21(17-26(20)32-27(30)18-22)28(36)31-23-9-11-24(12-10-23)34-15-5-6-25(35)19-34/h7-12,16-17,25,35H,3-6,13-15,18-19H2,1-2H3,(H2,30,32)(H,31,36). The first kappa shape index (κ1) is 26.4. The van der Waals surface area contributed by atoms with Crippen LogP contribution in [0.15, 0.2) is 53.0 Å². The second kappa shape index (κ2) is 12.1. The van der Waals surface area contributed by atoms with E-state index in [4.69, 9.17) is 5.73 Å². The minimum Gasteiger partial charge on any atom is -0.391 e. The lowest BCUT2D eigenvalue weighted by Gasteiger charge is -2.32. The molecule has 8 nitrogen and oxygen atoms in total. The average molecular weight is 504 g/mol. The van der Waals surface area contributed by atoms with Gasteiger partial charge in [-0.05, 0) is 68.2 Å². The van der Waals surface area contributed by atoms with Gasteiger partial charge < -0.3 is 26.0 Å². The second-order valence-corrected chi connectivity index (χ2v) is 9.76. The smallest absolute Gasteiger partial charge is 0.255 e. The van der Waals surface area contributed by atoms with Gasteiger partial charge in [-0.15, -0.1) is 0 Å². The van der Waals surface area contributed by atoms with Gasteiger partial charge in [0.2, 0.25) is 5.91 Å². The predicted molar refractivity (Wildman–Crippen MR) is 149 cm³/mol.